The summed E-state index contributed by atoms with van der Waals surface area (Å²) in [6, 6.07) is 9.67. The summed E-state index contributed by atoms with van der Waals surface area (Å²) in [4.78, 5) is 3.33. The third-order valence-corrected chi connectivity index (χ3v) is 6.33. The average molecular weight is 424 g/mol. The smallest absolute Gasteiger partial charge is 0.384 e. The molecule has 3 nitrogen and oxygen atoms in total. The van der Waals surface area contributed by atoms with Gasteiger partial charge in [0.05, 0.1) is 11.3 Å². The number of aromatic amines is 1. The molecule has 2 heterocycles. The molecule has 1 fully saturated rings. The van der Waals surface area contributed by atoms with Crippen LogP contribution in [0.5, 0.6) is 0 Å². The van der Waals surface area contributed by atoms with Crippen LogP contribution in [0, 0.1) is 11.8 Å². The van der Waals surface area contributed by atoms with E-state index in [-0.39, 0.29) is 0 Å². The largest absolute Gasteiger partial charge is 0.416 e. The van der Waals surface area contributed by atoms with E-state index in [0.717, 1.165) is 53.4 Å². The van der Waals surface area contributed by atoms with Crippen molar-refractivity contribution in [1.82, 2.24) is 4.98 Å². The van der Waals surface area contributed by atoms with Crippen molar-refractivity contribution >= 4 is 16.6 Å². The van der Waals surface area contributed by atoms with Gasteiger partial charge in [-0.25, -0.2) is 0 Å². The van der Waals surface area contributed by atoms with Crippen LogP contribution >= 0.6 is 0 Å². The van der Waals surface area contributed by atoms with E-state index in [2.05, 4.69) is 22.1 Å². The lowest BCUT2D eigenvalue weighted by molar-refractivity contribution is -0.137. The fourth-order valence-corrected chi connectivity index (χ4v) is 4.67. The van der Waals surface area contributed by atoms with Crippen molar-refractivity contribution in [2.75, 3.05) is 11.9 Å². The van der Waals surface area contributed by atoms with E-state index >= 15 is 0 Å². The molecule has 1 aliphatic heterocycles. The highest BCUT2D eigenvalue weighted by molar-refractivity contribution is 5.94. The van der Waals surface area contributed by atoms with Gasteiger partial charge in [-0.3, -0.25) is 0 Å². The summed E-state index contributed by atoms with van der Waals surface area (Å²) in [6.45, 7) is 0.633. The SMILES string of the molecule is OC1(C#Cc2ccc3c(c2)-c2[nH]c4ccc(C(F)(F)F)cc4c2CCN3)CCCCC1. The number of benzene rings is 2. The quantitative estimate of drug-likeness (QED) is 0.396. The number of aromatic nitrogens is 1. The molecule has 2 aromatic carbocycles. The fraction of sp³-hybridized carbons (Fsp3) is 0.360. The Morgan fingerprint density at radius 2 is 1.81 bits per heavy atom. The first kappa shape index (κ1) is 20.0. The number of hydrogen-bond donors (Lipinski definition) is 3. The maximum atomic E-state index is 13.2. The number of nitrogens with one attached hydrogen (secondary N) is 2. The molecule has 0 radical (unpaired) electrons. The standard InChI is InChI=1S/C25H23F3N2O/c26-25(27,28)17-5-7-22-19(15-17)18-9-13-29-21-6-4-16(14-20(21)23(18)30-22)8-12-24(31)10-2-1-3-11-24/h4-7,14-15,29-31H,1-3,9-11,13H2. The van der Waals surface area contributed by atoms with Crippen LogP contribution < -0.4 is 5.32 Å². The highest BCUT2D eigenvalue weighted by atomic mass is 19.4. The zero-order valence-electron chi connectivity index (χ0n) is 17.0. The Morgan fingerprint density at radius 1 is 1.00 bits per heavy atom. The van der Waals surface area contributed by atoms with Crippen molar-refractivity contribution in [3.05, 3.63) is 53.1 Å². The van der Waals surface area contributed by atoms with E-state index in [0.29, 0.717) is 36.7 Å². The molecule has 2 aliphatic rings. The summed E-state index contributed by atoms with van der Waals surface area (Å²) >= 11 is 0. The normalized spacial score (nSPS) is 17.7. The maximum absolute atomic E-state index is 13.2. The lowest BCUT2D eigenvalue weighted by atomic mass is 9.85. The molecule has 1 aromatic heterocycles. The average Bonchev–Trinajstić information content (AvgIpc) is 3.01. The van der Waals surface area contributed by atoms with Gasteiger partial charge in [-0.15, -0.1) is 0 Å². The van der Waals surface area contributed by atoms with Crippen molar-refractivity contribution in [1.29, 1.82) is 0 Å². The van der Waals surface area contributed by atoms with Crippen LogP contribution in [-0.4, -0.2) is 22.2 Å². The van der Waals surface area contributed by atoms with Crippen molar-refractivity contribution in [3.8, 4) is 23.1 Å². The Hall–Kier alpha value is -2.91. The molecule has 31 heavy (non-hydrogen) atoms. The minimum atomic E-state index is -4.37. The van der Waals surface area contributed by atoms with E-state index < -0.39 is 17.3 Å². The number of alkyl halides is 3. The number of fused-ring (bicyclic) bond motifs is 5. The van der Waals surface area contributed by atoms with Crippen LogP contribution in [-0.2, 0) is 12.6 Å². The number of aliphatic hydroxyl groups is 1. The Bertz CT molecular complexity index is 1210. The molecule has 3 aromatic rings. The number of rotatable bonds is 0. The second-order valence-electron chi connectivity index (χ2n) is 8.52. The number of halogens is 3. The van der Waals surface area contributed by atoms with E-state index in [1.165, 1.54) is 12.1 Å². The second-order valence-corrected chi connectivity index (χ2v) is 8.52. The minimum Gasteiger partial charge on any atom is -0.384 e. The highest BCUT2D eigenvalue weighted by Gasteiger charge is 2.31. The first-order chi connectivity index (χ1) is 14.8. The summed E-state index contributed by atoms with van der Waals surface area (Å²) in [6.07, 6.45) is 0.733. The molecule has 0 atom stereocenters. The van der Waals surface area contributed by atoms with E-state index in [1.54, 1.807) is 0 Å². The van der Waals surface area contributed by atoms with E-state index in [9.17, 15) is 18.3 Å². The lowest BCUT2D eigenvalue weighted by Gasteiger charge is -2.26. The maximum Gasteiger partial charge on any atom is 0.416 e. The first-order valence-electron chi connectivity index (χ1n) is 10.7. The molecule has 0 saturated heterocycles. The van der Waals surface area contributed by atoms with Crippen molar-refractivity contribution in [2.24, 2.45) is 0 Å². The first-order valence-corrected chi connectivity index (χ1v) is 10.7. The third-order valence-electron chi connectivity index (χ3n) is 6.33. The van der Waals surface area contributed by atoms with Crippen LogP contribution in [0.4, 0.5) is 18.9 Å². The summed E-state index contributed by atoms with van der Waals surface area (Å²) in [5, 5.41) is 14.6. The minimum absolute atomic E-state index is 0.604. The molecule has 0 unspecified atom stereocenters. The van der Waals surface area contributed by atoms with Crippen LogP contribution in [0.25, 0.3) is 22.2 Å². The molecular weight excluding hydrogens is 401 g/mol. The molecule has 0 spiro atoms. The molecule has 0 amide bonds. The summed E-state index contributed by atoms with van der Waals surface area (Å²) < 4.78 is 39.7. The van der Waals surface area contributed by atoms with Gasteiger partial charge in [0.2, 0.25) is 0 Å². The fourth-order valence-electron chi connectivity index (χ4n) is 4.67. The predicted octanol–water partition coefficient (Wildman–Crippen LogP) is 5.87. The Kier molecular flexibility index (Phi) is 4.75. The van der Waals surface area contributed by atoms with Gasteiger partial charge in [0.1, 0.15) is 5.60 Å². The van der Waals surface area contributed by atoms with Gasteiger partial charge in [-0.05, 0) is 74.1 Å². The monoisotopic (exact) mass is 424 g/mol. The van der Waals surface area contributed by atoms with Crippen LogP contribution in [0.3, 0.4) is 0 Å². The van der Waals surface area contributed by atoms with E-state index in [1.807, 2.05) is 18.2 Å². The topological polar surface area (TPSA) is 48.0 Å². The number of anilines is 1. The van der Waals surface area contributed by atoms with Crippen LogP contribution in [0.2, 0.25) is 0 Å². The summed E-state index contributed by atoms with van der Waals surface area (Å²) in [7, 11) is 0. The molecule has 160 valence electrons. The Balaban J connectivity index is 1.59. The Morgan fingerprint density at radius 3 is 2.58 bits per heavy atom. The van der Waals surface area contributed by atoms with Crippen molar-refractivity contribution in [2.45, 2.75) is 50.3 Å². The number of H-pyrrole nitrogens is 1. The van der Waals surface area contributed by atoms with Crippen LogP contribution in [0.15, 0.2) is 36.4 Å². The zero-order valence-corrected chi connectivity index (χ0v) is 17.0. The van der Waals surface area contributed by atoms with Crippen molar-refractivity contribution < 1.29 is 18.3 Å². The molecule has 0 bridgehead atoms. The lowest BCUT2D eigenvalue weighted by Crippen LogP contribution is -2.29. The van der Waals surface area contributed by atoms with Gasteiger partial charge in [0, 0.05) is 34.3 Å². The van der Waals surface area contributed by atoms with E-state index in [4.69, 9.17) is 0 Å². The van der Waals surface area contributed by atoms with Gasteiger partial charge in [0.15, 0.2) is 0 Å². The third kappa shape index (κ3) is 3.79. The second kappa shape index (κ2) is 7.35. The number of hydrogen-bond acceptors (Lipinski definition) is 2. The molecular formula is C25H23F3N2O. The molecule has 6 heteroatoms. The van der Waals surface area contributed by atoms with Crippen LogP contribution in [0.1, 0.15) is 48.8 Å². The van der Waals surface area contributed by atoms with Gasteiger partial charge >= 0.3 is 6.18 Å². The Labute approximate surface area is 178 Å². The molecule has 1 aliphatic carbocycles. The van der Waals surface area contributed by atoms with Gasteiger partial charge < -0.3 is 15.4 Å². The van der Waals surface area contributed by atoms with Gasteiger partial charge in [0.25, 0.3) is 0 Å². The summed E-state index contributed by atoms with van der Waals surface area (Å²) in [5.74, 6) is 6.19. The molecule has 3 N–H and O–H groups in total. The van der Waals surface area contributed by atoms with Gasteiger partial charge in [-0.2, -0.15) is 13.2 Å². The van der Waals surface area contributed by atoms with Crippen molar-refractivity contribution in [3.63, 3.8) is 0 Å². The molecule has 1 saturated carbocycles. The van der Waals surface area contributed by atoms with Gasteiger partial charge in [-0.1, -0.05) is 18.3 Å². The summed E-state index contributed by atoms with van der Waals surface area (Å²) in [5.41, 5.74) is 3.42. The predicted molar refractivity (Wildman–Crippen MR) is 116 cm³/mol. The molecule has 5 rings (SSSR count). The zero-order chi connectivity index (χ0) is 21.6. The highest BCUT2D eigenvalue weighted by Crippen LogP contribution is 2.40.